The summed E-state index contributed by atoms with van der Waals surface area (Å²) in [6.45, 7) is 0. The van der Waals surface area contributed by atoms with Crippen molar-refractivity contribution in [3.63, 3.8) is 0 Å². The van der Waals surface area contributed by atoms with E-state index in [4.69, 9.17) is 23.2 Å². The predicted octanol–water partition coefficient (Wildman–Crippen LogP) is 3.04. The van der Waals surface area contributed by atoms with Gasteiger partial charge >= 0.3 is 0 Å². The van der Waals surface area contributed by atoms with Gasteiger partial charge in [0.25, 0.3) is 5.91 Å². The van der Waals surface area contributed by atoms with Crippen LogP contribution in [0.1, 0.15) is 10.5 Å². The zero-order valence-corrected chi connectivity index (χ0v) is 13.1. The van der Waals surface area contributed by atoms with Crippen molar-refractivity contribution in [1.82, 2.24) is 4.98 Å². The molecular weight excluding hydrogens is 335 g/mol. The lowest BCUT2D eigenvalue weighted by atomic mass is 10.3. The van der Waals surface area contributed by atoms with Crippen LogP contribution in [0.25, 0.3) is 0 Å². The fourth-order valence-electron chi connectivity index (χ4n) is 1.55. The molecule has 0 atom stereocenters. The third-order valence-electron chi connectivity index (χ3n) is 2.56. The molecule has 0 aliphatic carbocycles. The van der Waals surface area contributed by atoms with E-state index >= 15 is 0 Å². The normalized spacial score (nSPS) is 11.2. The van der Waals surface area contributed by atoms with E-state index < -0.39 is 15.7 Å². The molecule has 5 nitrogen and oxygen atoms in total. The van der Waals surface area contributed by atoms with Crippen molar-refractivity contribution in [2.75, 3.05) is 11.6 Å². The molecule has 0 aliphatic rings. The maximum atomic E-state index is 12.0. The first kappa shape index (κ1) is 15.8. The lowest BCUT2D eigenvalue weighted by Gasteiger charge is -2.08. The van der Waals surface area contributed by atoms with Gasteiger partial charge in [0.05, 0.1) is 15.6 Å². The molecule has 0 saturated carbocycles. The Bertz CT molecular complexity index is 807. The summed E-state index contributed by atoms with van der Waals surface area (Å²) < 4.78 is 23.0. The fourth-order valence-corrected chi connectivity index (χ4v) is 2.53. The van der Waals surface area contributed by atoms with Crippen molar-refractivity contribution in [2.45, 2.75) is 4.90 Å². The van der Waals surface area contributed by atoms with Gasteiger partial charge in [0.2, 0.25) is 0 Å². The molecule has 1 aromatic carbocycles. The Morgan fingerprint density at radius 3 is 2.52 bits per heavy atom. The van der Waals surface area contributed by atoms with Crippen LogP contribution in [0.2, 0.25) is 10.2 Å². The van der Waals surface area contributed by atoms with Crippen LogP contribution in [-0.2, 0) is 9.84 Å². The van der Waals surface area contributed by atoms with Crippen LogP contribution < -0.4 is 5.32 Å². The Morgan fingerprint density at radius 1 is 1.19 bits per heavy atom. The minimum Gasteiger partial charge on any atom is -0.319 e. The van der Waals surface area contributed by atoms with Gasteiger partial charge in [0, 0.05) is 6.26 Å². The largest absolute Gasteiger partial charge is 0.319 e. The van der Waals surface area contributed by atoms with E-state index in [1.165, 1.54) is 30.3 Å². The van der Waals surface area contributed by atoms with Crippen molar-refractivity contribution in [2.24, 2.45) is 0 Å². The van der Waals surface area contributed by atoms with Crippen LogP contribution in [0.5, 0.6) is 0 Å². The molecule has 0 radical (unpaired) electrons. The number of anilines is 1. The lowest BCUT2D eigenvalue weighted by molar-refractivity contribution is 0.102. The van der Waals surface area contributed by atoms with Crippen LogP contribution in [-0.4, -0.2) is 25.6 Å². The van der Waals surface area contributed by atoms with Gasteiger partial charge < -0.3 is 5.32 Å². The van der Waals surface area contributed by atoms with E-state index in [-0.39, 0.29) is 26.5 Å². The van der Waals surface area contributed by atoms with Crippen molar-refractivity contribution in [3.05, 3.63) is 52.3 Å². The van der Waals surface area contributed by atoms with Gasteiger partial charge in [0.15, 0.2) is 9.84 Å². The number of hydrogen-bond donors (Lipinski definition) is 1. The fraction of sp³-hybridized carbons (Fsp3) is 0.0769. The molecule has 1 heterocycles. The van der Waals surface area contributed by atoms with Crippen LogP contribution >= 0.6 is 23.2 Å². The lowest BCUT2D eigenvalue weighted by Crippen LogP contribution is -2.14. The van der Waals surface area contributed by atoms with Crippen molar-refractivity contribution < 1.29 is 13.2 Å². The summed E-state index contributed by atoms with van der Waals surface area (Å²) in [4.78, 5) is 16.0. The summed E-state index contributed by atoms with van der Waals surface area (Å²) in [5, 5.41) is 2.91. The Morgan fingerprint density at radius 2 is 1.90 bits per heavy atom. The molecule has 8 heteroatoms. The number of rotatable bonds is 3. The highest BCUT2D eigenvalue weighted by molar-refractivity contribution is 7.90. The van der Waals surface area contributed by atoms with E-state index in [9.17, 15) is 13.2 Å². The number of nitrogens with zero attached hydrogens (tertiary/aromatic N) is 1. The Labute approximate surface area is 131 Å². The first-order chi connectivity index (χ1) is 9.77. The zero-order chi connectivity index (χ0) is 15.6. The molecule has 0 fully saturated rings. The molecule has 1 amide bonds. The van der Waals surface area contributed by atoms with E-state index in [1.807, 2.05) is 0 Å². The second-order valence-corrected chi connectivity index (χ2v) is 7.02. The SMILES string of the molecule is CS(=O)(=O)c1ccc(Cl)c(NC(=O)c2cccc(Cl)n2)c1. The second kappa shape index (κ2) is 6.01. The molecule has 2 aromatic rings. The minimum absolute atomic E-state index is 0.0567. The number of nitrogens with one attached hydrogen (secondary N) is 1. The van der Waals surface area contributed by atoms with E-state index in [2.05, 4.69) is 10.3 Å². The van der Waals surface area contributed by atoms with Gasteiger partial charge in [-0.15, -0.1) is 0 Å². The molecule has 2 rings (SSSR count). The number of sulfone groups is 1. The van der Waals surface area contributed by atoms with E-state index in [0.717, 1.165) is 6.26 Å². The molecule has 1 aromatic heterocycles. The molecule has 0 spiro atoms. The summed E-state index contributed by atoms with van der Waals surface area (Å²) in [6.07, 6.45) is 1.07. The number of carbonyl (C=O) groups is 1. The Kier molecular flexibility index (Phi) is 4.51. The van der Waals surface area contributed by atoms with E-state index in [0.29, 0.717) is 0 Å². The summed E-state index contributed by atoms with van der Waals surface area (Å²) >= 11 is 11.7. The molecule has 0 aliphatic heterocycles. The highest BCUT2D eigenvalue weighted by Gasteiger charge is 2.14. The third kappa shape index (κ3) is 3.93. The quantitative estimate of drug-likeness (QED) is 0.868. The van der Waals surface area contributed by atoms with Crippen LogP contribution in [0.3, 0.4) is 0 Å². The first-order valence-corrected chi connectivity index (χ1v) is 8.35. The van der Waals surface area contributed by atoms with Crippen molar-refractivity contribution >= 4 is 44.6 Å². The first-order valence-electron chi connectivity index (χ1n) is 5.71. The number of hydrogen-bond acceptors (Lipinski definition) is 4. The molecule has 21 heavy (non-hydrogen) atoms. The molecule has 1 N–H and O–H groups in total. The van der Waals surface area contributed by atoms with Gasteiger partial charge in [-0.2, -0.15) is 0 Å². The zero-order valence-electron chi connectivity index (χ0n) is 10.8. The van der Waals surface area contributed by atoms with Gasteiger partial charge in [-0.3, -0.25) is 4.79 Å². The van der Waals surface area contributed by atoms with Gasteiger partial charge in [-0.1, -0.05) is 29.3 Å². The number of benzene rings is 1. The smallest absolute Gasteiger partial charge is 0.274 e. The van der Waals surface area contributed by atoms with Gasteiger partial charge in [0.1, 0.15) is 10.8 Å². The number of carbonyl (C=O) groups excluding carboxylic acids is 1. The molecular formula is C13H10Cl2N2O3S. The standard InChI is InChI=1S/C13H10Cl2N2O3S/c1-21(19,20)8-5-6-9(14)11(7-8)17-13(18)10-3-2-4-12(15)16-10/h2-7H,1H3,(H,17,18). The summed E-state index contributed by atoms with van der Waals surface area (Å²) in [5.74, 6) is -0.537. The van der Waals surface area contributed by atoms with Gasteiger partial charge in [-0.25, -0.2) is 13.4 Å². The number of aromatic nitrogens is 1. The molecule has 0 bridgehead atoms. The van der Waals surface area contributed by atoms with Crippen LogP contribution in [0.4, 0.5) is 5.69 Å². The number of pyridine rings is 1. The predicted molar refractivity (Wildman–Crippen MR) is 81.8 cm³/mol. The summed E-state index contributed by atoms with van der Waals surface area (Å²) in [6, 6.07) is 8.66. The maximum absolute atomic E-state index is 12.0. The highest BCUT2D eigenvalue weighted by Crippen LogP contribution is 2.25. The van der Waals surface area contributed by atoms with Crippen LogP contribution in [0, 0.1) is 0 Å². The topological polar surface area (TPSA) is 76.1 Å². The molecule has 0 saturated heterocycles. The minimum atomic E-state index is -3.40. The summed E-state index contributed by atoms with van der Waals surface area (Å²) in [5.41, 5.74) is 0.287. The number of amides is 1. The summed E-state index contributed by atoms with van der Waals surface area (Å²) in [7, 11) is -3.40. The Balaban J connectivity index is 2.33. The third-order valence-corrected chi connectivity index (χ3v) is 4.21. The average molecular weight is 345 g/mol. The van der Waals surface area contributed by atoms with Crippen molar-refractivity contribution in [3.8, 4) is 0 Å². The average Bonchev–Trinajstić information content (AvgIpc) is 2.40. The Hall–Kier alpha value is -1.63. The number of halogens is 2. The van der Waals surface area contributed by atoms with E-state index in [1.54, 1.807) is 6.07 Å². The van der Waals surface area contributed by atoms with Crippen molar-refractivity contribution in [1.29, 1.82) is 0 Å². The second-order valence-electron chi connectivity index (χ2n) is 4.21. The maximum Gasteiger partial charge on any atom is 0.274 e. The monoisotopic (exact) mass is 344 g/mol. The van der Waals surface area contributed by atoms with Crippen LogP contribution in [0.15, 0.2) is 41.3 Å². The highest BCUT2D eigenvalue weighted by atomic mass is 35.5. The molecule has 110 valence electrons. The van der Waals surface area contributed by atoms with Gasteiger partial charge in [-0.05, 0) is 30.3 Å². The molecule has 0 unspecified atom stereocenters.